The first-order valence-corrected chi connectivity index (χ1v) is 9.94. The van der Waals surface area contributed by atoms with Crippen molar-refractivity contribution < 1.29 is 4.74 Å². The van der Waals surface area contributed by atoms with Gasteiger partial charge in [0.05, 0.1) is 6.54 Å². The standard InChI is InChI=1S/C19H22N6O2S/c1-27-14-16-20-19(28-22-16)24-11-9-23(10-12-24)17-7-8-18(26)25(21-17)13-15-5-3-2-4-6-15/h2-8H,9-14H2,1H3. The minimum Gasteiger partial charge on any atom is -0.377 e. The van der Waals surface area contributed by atoms with Crippen LogP contribution < -0.4 is 15.4 Å². The van der Waals surface area contributed by atoms with Crippen molar-refractivity contribution in [3.8, 4) is 0 Å². The average Bonchev–Trinajstić information content (AvgIpc) is 3.20. The van der Waals surface area contributed by atoms with E-state index in [4.69, 9.17) is 4.74 Å². The van der Waals surface area contributed by atoms with Crippen LogP contribution in [0.1, 0.15) is 11.4 Å². The minimum atomic E-state index is -0.0919. The molecular formula is C19H22N6O2S. The van der Waals surface area contributed by atoms with Crippen LogP contribution in [0.3, 0.4) is 0 Å². The van der Waals surface area contributed by atoms with Gasteiger partial charge in [-0.25, -0.2) is 9.67 Å². The first-order chi connectivity index (χ1) is 13.7. The van der Waals surface area contributed by atoms with Gasteiger partial charge in [-0.05, 0) is 11.6 Å². The van der Waals surface area contributed by atoms with Crippen LogP contribution >= 0.6 is 11.5 Å². The quantitative estimate of drug-likeness (QED) is 0.624. The highest BCUT2D eigenvalue weighted by Crippen LogP contribution is 2.21. The van der Waals surface area contributed by atoms with Crippen molar-refractivity contribution in [3.05, 3.63) is 64.2 Å². The van der Waals surface area contributed by atoms with E-state index in [0.717, 1.165) is 48.5 Å². The van der Waals surface area contributed by atoms with E-state index < -0.39 is 0 Å². The maximum atomic E-state index is 12.2. The molecule has 0 bridgehead atoms. The Bertz CT molecular complexity index is 966. The minimum absolute atomic E-state index is 0.0919. The molecule has 0 saturated carbocycles. The number of benzene rings is 1. The molecule has 0 atom stereocenters. The van der Waals surface area contributed by atoms with Crippen LogP contribution in [0.25, 0.3) is 0 Å². The lowest BCUT2D eigenvalue weighted by molar-refractivity contribution is 0.179. The molecule has 0 N–H and O–H groups in total. The fourth-order valence-corrected chi connectivity index (χ4v) is 3.89. The Kier molecular flexibility index (Phi) is 5.63. The largest absolute Gasteiger partial charge is 0.377 e. The zero-order valence-corrected chi connectivity index (χ0v) is 16.5. The molecule has 28 heavy (non-hydrogen) atoms. The summed E-state index contributed by atoms with van der Waals surface area (Å²) in [6.07, 6.45) is 0. The van der Waals surface area contributed by atoms with Crippen LogP contribution in [-0.2, 0) is 17.9 Å². The predicted octanol–water partition coefficient (Wildman–Crippen LogP) is 1.62. The van der Waals surface area contributed by atoms with Gasteiger partial charge < -0.3 is 14.5 Å². The lowest BCUT2D eigenvalue weighted by Crippen LogP contribution is -2.47. The lowest BCUT2D eigenvalue weighted by atomic mass is 10.2. The summed E-state index contributed by atoms with van der Waals surface area (Å²) in [5, 5.41) is 5.51. The second-order valence-electron chi connectivity index (χ2n) is 6.57. The molecule has 0 spiro atoms. The monoisotopic (exact) mass is 398 g/mol. The van der Waals surface area contributed by atoms with Crippen molar-refractivity contribution in [1.82, 2.24) is 19.1 Å². The van der Waals surface area contributed by atoms with E-state index in [9.17, 15) is 4.79 Å². The van der Waals surface area contributed by atoms with Crippen LogP contribution in [0.15, 0.2) is 47.3 Å². The third kappa shape index (κ3) is 4.20. The third-order valence-electron chi connectivity index (χ3n) is 4.63. The number of piperazine rings is 1. The van der Waals surface area contributed by atoms with Crippen molar-refractivity contribution in [2.45, 2.75) is 13.2 Å². The molecular weight excluding hydrogens is 376 g/mol. The molecule has 0 amide bonds. The van der Waals surface area contributed by atoms with Gasteiger partial charge in [0.1, 0.15) is 12.4 Å². The van der Waals surface area contributed by atoms with E-state index in [1.54, 1.807) is 19.2 Å². The van der Waals surface area contributed by atoms with E-state index in [1.807, 2.05) is 30.3 Å². The van der Waals surface area contributed by atoms with Crippen LogP contribution in [-0.4, -0.2) is 52.4 Å². The normalized spacial score (nSPS) is 14.5. The summed E-state index contributed by atoms with van der Waals surface area (Å²) >= 11 is 1.40. The number of rotatable bonds is 6. The van der Waals surface area contributed by atoms with Gasteiger partial charge in [-0.15, -0.1) is 0 Å². The van der Waals surface area contributed by atoms with Gasteiger partial charge in [0.25, 0.3) is 5.56 Å². The molecule has 1 aliphatic heterocycles. The van der Waals surface area contributed by atoms with Gasteiger partial charge in [-0.2, -0.15) is 9.47 Å². The van der Waals surface area contributed by atoms with E-state index in [-0.39, 0.29) is 5.56 Å². The van der Waals surface area contributed by atoms with Crippen molar-refractivity contribution in [2.24, 2.45) is 0 Å². The predicted molar refractivity (Wildman–Crippen MR) is 109 cm³/mol. The Labute approximate surface area is 167 Å². The molecule has 3 aromatic rings. The average molecular weight is 398 g/mol. The van der Waals surface area contributed by atoms with E-state index in [0.29, 0.717) is 13.2 Å². The molecule has 9 heteroatoms. The Morgan fingerprint density at radius 3 is 2.54 bits per heavy atom. The highest BCUT2D eigenvalue weighted by Gasteiger charge is 2.21. The molecule has 2 aromatic heterocycles. The summed E-state index contributed by atoms with van der Waals surface area (Å²) in [6.45, 7) is 4.21. The molecule has 0 unspecified atom stereocenters. The molecule has 1 saturated heterocycles. The molecule has 3 heterocycles. The Morgan fingerprint density at radius 2 is 1.79 bits per heavy atom. The van der Waals surface area contributed by atoms with Crippen LogP contribution in [0.4, 0.5) is 10.9 Å². The van der Waals surface area contributed by atoms with Gasteiger partial charge in [-0.1, -0.05) is 30.3 Å². The van der Waals surface area contributed by atoms with Gasteiger partial charge in [0.2, 0.25) is 5.13 Å². The van der Waals surface area contributed by atoms with Gasteiger partial charge in [0, 0.05) is 50.9 Å². The SMILES string of the molecule is COCc1nsc(N2CCN(c3ccc(=O)n(Cc4ccccc4)n3)CC2)n1. The van der Waals surface area contributed by atoms with Crippen molar-refractivity contribution in [1.29, 1.82) is 0 Å². The van der Waals surface area contributed by atoms with Gasteiger partial charge >= 0.3 is 0 Å². The Balaban J connectivity index is 1.43. The molecule has 0 aliphatic carbocycles. The van der Waals surface area contributed by atoms with Gasteiger partial charge in [0.15, 0.2) is 5.82 Å². The van der Waals surface area contributed by atoms with E-state index >= 15 is 0 Å². The van der Waals surface area contributed by atoms with Crippen molar-refractivity contribution in [3.63, 3.8) is 0 Å². The molecule has 1 aromatic carbocycles. The molecule has 1 fully saturated rings. The Morgan fingerprint density at radius 1 is 1.04 bits per heavy atom. The maximum absolute atomic E-state index is 12.2. The summed E-state index contributed by atoms with van der Waals surface area (Å²) < 4.78 is 10.9. The smallest absolute Gasteiger partial charge is 0.267 e. The fraction of sp³-hybridized carbons (Fsp3) is 0.368. The second-order valence-corrected chi connectivity index (χ2v) is 7.30. The molecule has 146 valence electrons. The zero-order valence-electron chi connectivity index (χ0n) is 15.7. The topological polar surface area (TPSA) is 76.4 Å². The number of anilines is 2. The summed E-state index contributed by atoms with van der Waals surface area (Å²) in [6, 6.07) is 13.3. The first kappa shape index (κ1) is 18.6. The number of nitrogens with zero attached hydrogens (tertiary/aromatic N) is 6. The number of hydrogen-bond acceptors (Lipinski definition) is 8. The summed E-state index contributed by atoms with van der Waals surface area (Å²) in [5.74, 6) is 1.55. The highest BCUT2D eigenvalue weighted by atomic mass is 32.1. The molecule has 4 rings (SSSR count). The van der Waals surface area contributed by atoms with E-state index in [2.05, 4.69) is 24.3 Å². The van der Waals surface area contributed by atoms with Crippen LogP contribution in [0.5, 0.6) is 0 Å². The maximum Gasteiger partial charge on any atom is 0.267 e. The number of aromatic nitrogens is 4. The summed E-state index contributed by atoms with van der Waals surface area (Å²) in [4.78, 5) is 21.2. The second kappa shape index (κ2) is 8.49. The number of ether oxygens (including phenoxy) is 1. The third-order valence-corrected chi connectivity index (χ3v) is 5.45. The summed E-state index contributed by atoms with van der Waals surface area (Å²) in [7, 11) is 1.64. The summed E-state index contributed by atoms with van der Waals surface area (Å²) in [5.41, 5.74) is 0.966. The number of hydrogen-bond donors (Lipinski definition) is 0. The van der Waals surface area contributed by atoms with Crippen molar-refractivity contribution in [2.75, 3.05) is 43.1 Å². The highest BCUT2D eigenvalue weighted by molar-refractivity contribution is 7.09. The number of methoxy groups -OCH3 is 1. The fourth-order valence-electron chi connectivity index (χ4n) is 3.16. The van der Waals surface area contributed by atoms with Crippen LogP contribution in [0, 0.1) is 0 Å². The molecule has 1 aliphatic rings. The van der Waals surface area contributed by atoms with E-state index in [1.165, 1.54) is 16.2 Å². The van der Waals surface area contributed by atoms with Crippen LogP contribution in [0.2, 0.25) is 0 Å². The molecule has 0 radical (unpaired) electrons. The van der Waals surface area contributed by atoms with Crippen molar-refractivity contribution >= 4 is 22.5 Å². The lowest BCUT2D eigenvalue weighted by Gasteiger charge is -2.35. The van der Waals surface area contributed by atoms with Gasteiger partial charge in [-0.3, -0.25) is 4.79 Å². The zero-order chi connectivity index (χ0) is 19.3. The first-order valence-electron chi connectivity index (χ1n) is 9.16. The molecule has 8 nitrogen and oxygen atoms in total. The Hall–Kier alpha value is -2.78.